The third-order valence-electron chi connectivity index (χ3n) is 4.25. The monoisotopic (exact) mass is 280 g/mol. The Labute approximate surface area is 124 Å². The van der Waals surface area contributed by atoms with Crippen molar-refractivity contribution < 1.29 is 4.39 Å². The van der Waals surface area contributed by atoms with Gasteiger partial charge in [-0.15, -0.1) is 0 Å². The van der Waals surface area contributed by atoms with Crippen LogP contribution in [0.15, 0.2) is 48.5 Å². The molecule has 21 heavy (non-hydrogen) atoms. The second-order valence-electron chi connectivity index (χ2n) is 5.42. The number of hydrogen-bond donors (Lipinski definition) is 1. The molecule has 3 heteroatoms. The summed E-state index contributed by atoms with van der Waals surface area (Å²) >= 11 is 0. The molecule has 0 amide bonds. The van der Waals surface area contributed by atoms with Gasteiger partial charge in [-0.05, 0) is 23.6 Å². The zero-order chi connectivity index (χ0) is 14.8. The van der Waals surface area contributed by atoms with Crippen molar-refractivity contribution in [2.45, 2.75) is 31.3 Å². The second-order valence-corrected chi connectivity index (χ2v) is 5.42. The molecule has 2 nitrogen and oxygen atoms in total. The van der Waals surface area contributed by atoms with Crippen LogP contribution in [0.5, 0.6) is 0 Å². The van der Waals surface area contributed by atoms with Crippen LogP contribution in [-0.4, -0.2) is 12.1 Å². The van der Waals surface area contributed by atoms with E-state index in [2.05, 4.69) is 18.3 Å². The van der Waals surface area contributed by atoms with Crippen molar-refractivity contribution in [2.75, 3.05) is 0 Å². The Morgan fingerprint density at radius 2 is 1.86 bits per heavy atom. The smallest absolute Gasteiger partial charge is 0.131 e. The zero-order valence-corrected chi connectivity index (χ0v) is 11.9. The van der Waals surface area contributed by atoms with Crippen molar-refractivity contribution in [3.8, 4) is 17.2 Å². The van der Waals surface area contributed by atoms with Crippen molar-refractivity contribution in [1.29, 1.82) is 5.26 Å². The van der Waals surface area contributed by atoms with Gasteiger partial charge in [-0.1, -0.05) is 49.4 Å². The lowest BCUT2D eigenvalue weighted by atomic mass is 9.76. The van der Waals surface area contributed by atoms with Crippen LogP contribution in [0.3, 0.4) is 0 Å². The van der Waals surface area contributed by atoms with Gasteiger partial charge in [0.05, 0.1) is 6.07 Å². The highest BCUT2D eigenvalue weighted by molar-refractivity contribution is 5.64. The first kappa shape index (κ1) is 13.8. The minimum absolute atomic E-state index is 0.116. The van der Waals surface area contributed by atoms with E-state index < -0.39 is 0 Å². The predicted octanol–water partition coefficient (Wildman–Crippen LogP) is 3.85. The van der Waals surface area contributed by atoms with Gasteiger partial charge in [0.15, 0.2) is 0 Å². The van der Waals surface area contributed by atoms with Crippen molar-refractivity contribution >= 4 is 0 Å². The van der Waals surface area contributed by atoms with E-state index in [4.69, 9.17) is 5.26 Å². The van der Waals surface area contributed by atoms with E-state index in [1.807, 2.05) is 30.3 Å². The van der Waals surface area contributed by atoms with Gasteiger partial charge < -0.3 is 0 Å². The van der Waals surface area contributed by atoms with Gasteiger partial charge >= 0.3 is 0 Å². The largest absolute Gasteiger partial charge is 0.298 e. The highest BCUT2D eigenvalue weighted by Crippen LogP contribution is 2.34. The van der Waals surface area contributed by atoms with Crippen LogP contribution >= 0.6 is 0 Å². The van der Waals surface area contributed by atoms with Crippen LogP contribution in [0.2, 0.25) is 0 Å². The van der Waals surface area contributed by atoms with Crippen LogP contribution in [-0.2, 0) is 0 Å². The normalized spacial score (nSPS) is 24.1. The van der Waals surface area contributed by atoms with Crippen molar-refractivity contribution in [2.24, 2.45) is 0 Å². The summed E-state index contributed by atoms with van der Waals surface area (Å²) in [4.78, 5) is 0. The lowest BCUT2D eigenvalue weighted by Gasteiger charge is -2.42. The van der Waals surface area contributed by atoms with Crippen LogP contribution in [0.25, 0.3) is 11.1 Å². The molecule has 3 atom stereocenters. The van der Waals surface area contributed by atoms with E-state index >= 15 is 0 Å². The average molecular weight is 280 g/mol. The summed E-state index contributed by atoms with van der Waals surface area (Å²) in [5, 5.41) is 12.4. The molecular formula is C18H17FN2. The molecule has 0 aromatic heterocycles. The van der Waals surface area contributed by atoms with E-state index in [0.29, 0.717) is 11.6 Å². The Hall–Kier alpha value is -2.18. The first-order chi connectivity index (χ1) is 10.2. The quantitative estimate of drug-likeness (QED) is 0.927. The predicted molar refractivity (Wildman–Crippen MR) is 81.2 cm³/mol. The molecule has 1 aliphatic heterocycles. The molecule has 2 aromatic rings. The Kier molecular flexibility index (Phi) is 3.72. The molecule has 1 fully saturated rings. The van der Waals surface area contributed by atoms with E-state index in [9.17, 15) is 4.39 Å². The number of nitrogens with zero attached hydrogens (tertiary/aromatic N) is 1. The molecule has 0 aliphatic carbocycles. The summed E-state index contributed by atoms with van der Waals surface area (Å²) in [5.41, 5.74) is 2.62. The summed E-state index contributed by atoms with van der Waals surface area (Å²) in [6.07, 6.45) is 0.998. The lowest BCUT2D eigenvalue weighted by molar-refractivity contribution is 0.250. The molecule has 0 bridgehead atoms. The number of halogens is 1. The molecule has 2 unspecified atom stereocenters. The summed E-state index contributed by atoms with van der Waals surface area (Å²) < 4.78 is 13.8. The lowest BCUT2D eigenvalue weighted by Crippen LogP contribution is -2.58. The number of rotatable bonds is 3. The van der Waals surface area contributed by atoms with Gasteiger partial charge in [0.2, 0.25) is 0 Å². The summed E-state index contributed by atoms with van der Waals surface area (Å²) in [5.74, 6) is 0.0200. The number of nitriles is 1. The Balaban J connectivity index is 1.88. The van der Waals surface area contributed by atoms with Gasteiger partial charge in [-0.25, -0.2) is 4.39 Å². The van der Waals surface area contributed by atoms with E-state index in [1.54, 1.807) is 12.1 Å². The Bertz CT molecular complexity index is 672. The summed E-state index contributed by atoms with van der Waals surface area (Å²) in [7, 11) is 0. The van der Waals surface area contributed by atoms with Crippen LogP contribution in [0, 0.1) is 17.1 Å². The average Bonchev–Trinajstić information content (AvgIpc) is 2.49. The molecule has 3 rings (SSSR count). The van der Waals surface area contributed by atoms with Gasteiger partial charge in [-0.3, -0.25) is 5.32 Å². The van der Waals surface area contributed by atoms with Crippen LogP contribution < -0.4 is 5.32 Å². The van der Waals surface area contributed by atoms with E-state index in [0.717, 1.165) is 17.5 Å². The summed E-state index contributed by atoms with van der Waals surface area (Å²) in [6.45, 7) is 2.12. The third-order valence-corrected chi connectivity index (χ3v) is 4.25. The van der Waals surface area contributed by atoms with Crippen molar-refractivity contribution in [3.63, 3.8) is 0 Å². The fourth-order valence-electron chi connectivity index (χ4n) is 3.05. The van der Waals surface area contributed by atoms with Crippen LogP contribution in [0.4, 0.5) is 4.39 Å². The Morgan fingerprint density at radius 1 is 1.14 bits per heavy atom. The third kappa shape index (κ3) is 2.43. The van der Waals surface area contributed by atoms with Crippen molar-refractivity contribution in [3.05, 3.63) is 59.9 Å². The molecule has 106 valence electrons. The first-order valence-electron chi connectivity index (χ1n) is 7.25. The molecule has 1 heterocycles. The standard InChI is InChI=1S/C18H17FN2/c1-2-16-18(17(11-20)21-16)13-9-7-12(8-10-13)14-5-3-4-6-15(14)19/h3-10,16-18,21H,2H2,1H3/t16-,17?,18?/m1/s1. The summed E-state index contributed by atoms with van der Waals surface area (Å²) in [6, 6.07) is 17.2. The zero-order valence-electron chi connectivity index (χ0n) is 11.9. The highest BCUT2D eigenvalue weighted by atomic mass is 19.1. The Morgan fingerprint density at radius 3 is 2.48 bits per heavy atom. The molecule has 0 radical (unpaired) electrons. The molecule has 0 saturated carbocycles. The maximum absolute atomic E-state index is 13.8. The molecule has 0 spiro atoms. The number of benzene rings is 2. The van der Waals surface area contributed by atoms with E-state index in [1.165, 1.54) is 6.07 Å². The highest BCUT2D eigenvalue weighted by Gasteiger charge is 2.40. The molecule has 1 N–H and O–H groups in total. The molecular weight excluding hydrogens is 263 g/mol. The molecule has 2 aromatic carbocycles. The SMILES string of the molecule is CC[C@H]1NC(C#N)C1c1ccc(-c2ccccc2F)cc1. The maximum atomic E-state index is 13.8. The topological polar surface area (TPSA) is 35.8 Å². The maximum Gasteiger partial charge on any atom is 0.131 e. The first-order valence-corrected chi connectivity index (χ1v) is 7.25. The number of nitrogens with one attached hydrogen (secondary N) is 1. The van der Waals surface area contributed by atoms with Gasteiger partial charge in [0.25, 0.3) is 0 Å². The molecule has 1 saturated heterocycles. The van der Waals surface area contributed by atoms with Crippen LogP contribution in [0.1, 0.15) is 24.8 Å². The van der Waals surface area contributed by atoms with Crippen molar-refractivity contribution in [1.82, 2.24) is 5.32 Å². The fraction of sp³-hybridized carbons (Fsp3) is 0.278. The fourth-order valence-corrected chi connectivity index (χ4v) is 3.05. The minimum atomic E-state index is -0.211. The molecule has 1 aliphatic rings. The van der Waals surface area contributed by atoms with Gasteiger partial charge in [0.1, 0.15) is 11.9 Å². The van der Waals surface area contributed by atoms with E-state index in [-0.39, 0.29) is 17.8 Å². The minimum Gasteiger partial charge on any atom is -0.298 e. The second kappa shape index (κ2) is 5.67. The van der Waals surface area contributed by atoms with Gasteiger partial charge in [-0.2, -0.15) is 5.26 Å². The number of hydrogen-bond acceptors (Lipinski definition) is 2. The van der Waals surface area contributed by atoms with Gasteiger partial charge in [0, 0.05) is 17.5 Å².